The first-order chi connectivity index (χ1) is 22.3. The van der Waals surface area contributed by atoms with Gasteiger partial charge < -0.3 is 19.5 Å². The van der Waals surface area contributed by atoms with E-state index in [1.807, 2.05) is 36.4 Å². The van der Waals surface area contributed by atoms with Crippen LogP contribution in [0.2, 0.25) is 0 Å². The van der Waals surface area contributed by atoms with E-state index in [9.17, 15) is 18.0 Å². The molecule has 0 saturated heterocycles. The van der Waals surface area contributed by atoms with Crippen LogP contribution in [0.1, 0.15) is 16.7 Å². The van der Waals surface area contributed by atoms with Crippen LogP contribution in [0.25, 0.3) is 0 Å². The van der Waals surface area contributed by atoms with Gasteiger partial charge >= 0.3 is 0 Å². The molecule has 0 unspecified atom stereocenters. The molecule has 4 aromatic rings. The van der Waals surface area contributed by atoms with Crippen molar-refractivity contribution in [2.75, 3.05) is 33.9 Å². The number of nitrogens with zero attached hydrogens (tertiary/aromatic N) is 2. The summed E-state index contributed by atoms with van der Waals surface area (Å²) in [5.74, 6) is 0.267. The molecule has 0 heterocycles. The van der Waals surface area contributed by atoms with Crippen LogP contribution in [0.15, 0.2) is 113 Å². The second-order valence-electron chi connectivity index (χ2n) is 10.0. The van der Waals surface area contributed by atoms with Crippen molar-refractivity contribution in [1.29, 1.82) is 0 Å². The largest absolute Gasteiger partial charge is 0.493 e. The lowest BCUT2D eigenvalue weighted by Gasteiger charge is -2.22. The smallest absolute Gasteiger partial charge is 0.257 e. The fourth-order valence-corrected chi connectivity index (χ4v) is 5.75. The molecular formula is C34H36N4O7S. The Kier molecular flexibility index (Phi) is 12.3. The molecule has 2 amide bonds. The summed E-state index contributed by atoms with van der Waals surface area (Å²) in [5, 5.41) is 6.81. The van der Waals surface area contributed by atoms with E-state index in [0.29, 0.717) is 29.2 Å². The lowest BCUT2D eigenvalue weighted by atomic mass is 10.1. The predicted molar refractivity (Wildman–Crippen MR) is 174 cm³/mol. The molecule has 11 nitrogen and oxygen atoms in total. The first-order valence-electron chi connectivity index (χ1n) is 14.4. The molecule has 4 aromatic carbocycles. The number of methoxy groups -OCH3 is 2. The van der Waals surface area contributed by atoms with Crippen molar-refractivity contribution < 1.29 is 32.2 Å². The molecule has 46 heavy (non-hydrogen) atoms. The van der Waals surface area contributed by atoms with Crippen molar-refractivity contribution in [2.45, 2.75) is 17.9 Å². The molecule has 240 valence electrons. The van der Waals surface area contributed by atoms with Crippen LogP contribution in [0.4, 0.5) is 0 Å². The van der Waals surface area contributed by atoms with Gasteiger partial charge in [0.05, 0.1) is 31.9 Å². The van der Waals surface area contributed by atoms with Crippen molar-refractivity contribution in [2.24, 2.45) is 5.10 Å². The second kappa shape index (κ2) is 16.8. The van der Waals surface area contributed by atoms with Gasteiger partial charge in [0.25, 0.3) is 11.8 Å². The number of rotatable bonds is 16. The summed E-state index contributed by atoms with van der Waals surface area (Å²) in [6.07, 6.45) is 2.15. The number of carbonyl (C=O) groups is 2. The highest BCUT2D eigenvalue weighted by Crippen LogP contribution is 2.31. The van der Waals surface area contributed by atoms with E-state index in [4.69, 9.17) is 14.2 Å². The van der Waals surface area contributed by atoms with Crippen molar-refractivity contribution in [3.8, 4) is 17.2 Å². The SMILES string of the molecule is COc1ccc(S(=O)(=O)N(CC(=O)N/N=C/c2ccc(OCC(=O)NCCc3ccccc3)cc2)Cc2ccccc2)cc1OC. The number of amides is 2. The van der Waals surface area contributed by atoms with E-state index in [1.165, 1.54) is 38.6 Å². The van der Waals surface area contributed by atoms with Gasteiger partial charge in [-0.05, 0) is 59.5 Å². The van der Waals surface area contributed by atoms with E-state index >= 15 is 0 Å². The normalized spacial score (nSPS) is 11.3. The Morgan fingerprint density at radius 2 is 1.46 bits per heavy atom. The minimum atomic E-state index is -4.12. The van der Waals surface area contributed by atoms with E-state index in [0.717, 1.165) is 16.3 Å². The lowest BCUT2D eigenvalue weighted by Crippen LogP contribution is -2.39. The summed E-state index contributed by atoms with van der Waals surface area (Å²) in [4.78, 5) is 24.9. The van der Waals surface area contributed by atoms with Gasteiger partial charge in [-0.1, -0.05) is 60.7 Å². The molecule has 0 aliphatic rings. The van der Waals surface area contributed by atoms with Crippen molar-refractivity contribution in [1.82, 2.24) is 15.0 Å². The first kappa shape index (κ1) is 33.7. The zero-order chi connectivity index (χ0) is 32.8. The Bertz CT molecular complexity index is 1720. The maximum atomic E-state index is 13.6. The summed E-state index contributed by atoms with van der Waals surface area (Å²) in [7, 11) is -1.25. The maximum absolute atomic E-state index is 13.6. The van der Waals surface area contributed by atoms with Crippen molar-refractivity contribution >= 4 is 28.1 Å². The van der Waals surface area contributed by atoms with Gasteiger partial charge in [-0.25, -0.2) is 13.8 Å². The minimum Gasteiger partial charge on any atom is -0.493 e. The van der Waals surface area contributed by atoms with Crippen LogP contribution < -0.4 is 25.0 Å². The molecule has 0 saturated carbocycles. The van der Waals surface area contributed by atoms with Crippen molar-refractivity contribution in [3.63, 3.8) is 0 Å². The molecule has 0 bridgehead atoms. The predicted octanol–water partition coefficient (Wildman–Crippen LogP) is 3.78. The number of hydrogen-bond donors (Lipinski definition) is 2. The third-order valence-electron chi connectivity index (χ3n) is 6.75. The zero-order valence-electron chi connectivity index (χ0n) is 25.6. The zero-order valence-corrected chi connectivity index (χ0v) is 26.4. The third-order valence-corrected chi connectivity index (χ3v) is 8.53. The number of nitrogens with one attached hydrogen (secondary N) is 2. The number of ether oxygens (including phenoxy) is 3. The second-order valence-corrected chi connectivity index (χ2v) is 11.9. The summed E-state index contributed by atoms with van der Waals surface area (Å²) >= 11 is 0. The average Bonchev–Trinajstić information content (AvgIpc) is 3.08. The highest BCUT2D eigenvalue weighted by Gasteiger charge is 2.28. The topological polar surface area (TPSA) is 136 Å². The summed E-state index contributed by atoms with van der Waals surface area (Å²) in [6.45, 7) is -0.131. The van der Waals surface area contributed by atoms with Crippen LogP contribution in [-0.4, -0.2) is 64.7 Å². The third kappa shape index (κ3) is 9.91. The molecule has 0 spiro atoms. The van der Waals surface area contributed by atoms with Gasteiger partial charge in [0.1, 0.15) is 5.75 Å². The number of sulfonamides is 1. The number of hydrazone groups is 1. The van der Waals surface area contributed by atoms with Gasteiger partial charge in [0.2, 0.25) is 10.0 Å². The van der Waals surface area contributed by atoms with E-state index in [2.05, 4.69) is 15.8 Å². The molecule has 0 atom stereocenters. The molecule has 0 aliphatic heterocycles. The molecule has 2 N–H and O–H groups in total. The number of carbonyl (C=O) groups excluding carboxylic acids is 2. The van der Waals surface area contributed by atoms with E-state index < -0.39 is 22.5 Å². The molecule has 0 fully saturated rings. The van der Waals surface area contributed by atoms with E-state index in [1.54, 1.807) is 48.5 Å². The summed E-state index contributed by atoms with van der Waals surface area (Å²) in [6, 6.07) is 29.9. The molecule has 4 rings (SSSR count). The quantitative estimate of drug-likeness (QED) is 0.140. The monoisotopic (exact) mass is 644 g/mol. The van der Waals surface area contributed by atoms with Gasteiger partial charge in [-0.2, -0.15) is 9.41 Å². The van der Waals surface area contributed by atoms with E-state index in [-0.39, 0.29) is 29.7 Å². The Morgan fingerprint density at radius 1 is 0.804 bits per heavy atom. The summed E-state index contributed by atoms with van der Waals surface area (Å²) < 4.78 is 44.4. The van der Waals surface area contributed by atoms with Crippen LogP contribution in [0.3, 0.4) is 0 Å². The number of hydrogen-bond acceptors (Lipinski definition) is 8. The van der Waals surface area contributed by atoms with Crippen LogP contribution >= 0.6 is 0 Å². The molecular weight excluding hydrogens is 608 g/mol. The van der Waals surface area contributed by atoms with Crippen LogP contribution in [0.5, 0.6) is 17.2 Å². The van der Waals surface area contributed by atoms with Crippen LogP contribution in [0, 0.1) is 0 Å². The molecule has 0 aliphatic carbocycles. The Balaban J connectivity index is 1.31. The van der Waals surface area contributed by atoms with Gasteiger partial charge in [0, 0.05) is 19.2 Å². The Morgan fingerprint density at radius 3 is 2.11 bits per heavy atom. The fraction of sp³-hybridized carbons (Fsp3) is 0.206. The Labute approximate surface area is 268 Å². The highest BCUT2D eigenvalue weighted by molar-refractivity contribution is 7.89. The number of benzene rings is 4. The Hall–Kier alpha value is -5.20. The lowest BCUT2D eigenvalue weighted by molar-refractivity contribution is -0.123. The first-order valence-corrected chi connectivity index (χ1v) is 15.8. The van der Waals surface area contributed by atoms with Gasteiger partial charge in [-0.3, -0.25) is 9.59 Å². The molecule has 0 aromatic heterocycles. The standard InChI is InChI=1S/C34H36N4O7S/c1-43-31-18-17-30(21-32(31)44-2)46(41,42)38(23-28-11-7-4-8-12-28)24-33(39)37-36-22-27-13-15-29(16-14-27)45-25-34(40)35-20-19-26-9-5-3-6-10-26/h3-18,21-22H,19-20,23-25H2,1-2H3,(H,35,40)(H,37,39)/b36-22+. The van der Waals surface area contributed by atoms with Gasteiger partial charge in [-0.15, -0.1) is 0 Å². The minimum absolute atomic E-state index is 0.0405. The fourth-order valence-electron chi connectivity index (χ4n) is 4.35. The average molecular weight is 645 g/mol. The summed E-state index contributed by atoms with van der Waals surface area (Å²) in [5.41, 5.74) is 4.89. The molecule has 0 radical (unpaired) electrons. The van der Waals surface area contributed by atoms with Gasteiger partial charge in [0.15, 0.2) is 18.1 Å². The van der Waals surface area contributed by atoms with Crippen LogP contribution in [-0.2, 0) is 32.6 Å². The highest BCUT2D eigenvalue weighted by atomic mass is 32.2. The maximum Gasteiger partial charge on any atom is 0.257 e. The molecule has 12 heteroatoms. The van der Waals surface area contributed by atoms with Crippen molar-refractivity contribution in [3.05, 3.63) is 120 Å².